The zero-order chi connectivity index (χ0) is 12.5. The molecule has 0 aliphatic heterocycles. The standard InChI is InChI=1S/C13H16N2OS/c1-3-8-15-13(16)10-17-12-6-4-11(5-7-12)9-14-2/h1,4-7,14H,8-10H2,2H3,(H,15,16). The molecule has 0 aliphatic rings. The molecule has 1 rings (SSSR count). The van der Waals surface area contributed by atoms with Gasteiger partial charge in [0.25, 0.3) is 0 Å². The lowest BCUT2D eigenvalue weighted by molar-refractivity contribution is -0.118. The van der Waals surface area contributed by atoms with Gasteiger partial charge in [-0.3, -0.25) is 4.79 Å². The van der Waals surface area contributed by atoms with Crippen molar-refractivity contribution in [1.82, 2.24) is 10.6 Å². The molecule has 90 valence electrons. The van der Waals surface area contributed by atoms with Crippen LogP contribution in [0.15, 0.2) is 29.2 Å². The van der Waals surface area contributed by atoms with Crippen LogP contribution in [0, 0.1) is 12.3 Å². The molecule has 0 saturated carbocycles. The summed E-state index contributed by atoms with van der Waals surface area (Å²) in [6.07, 6.45) is 5.05. The molecular weight excluding hydrogens is 232 g/mol. The van der Waals surface area contributed by atoms with Crippen molar-refractivity contribution >= 4 is 17.7 Å². The highest BCUT2D eigenvalue weighted by atomic mass is 32.2. The van der Waals surface area contributed by atoms with E-state index >= 15 is 0 Å². The first-order chi connectivity index (χ1) is 8.26. The fourth-order valence-electron chi connectivity index (χ4n) is 1.26. The summed E-state index contributed by atoms with van der Waals surface area (Å²) in [5.41, 5.74) is 1.23. The summed E-state index contributed by atoms with van der Waals surface area (Å²) in [4.78, 5) is 12.4. The van der Waals surface area contributed by atoms with E-state index in [-0.39, 0.29) is 5.91 Å². The molecule has 0 spiro atoms. The normalized spacial score (nSPS) is 9.65. The van der Waals surface area contributed by atoms with Gasteiger partial charge in [-0.15, -0.1) is 18.2 Å². The van der Waals surface area contributed by atoms with E-state index in [9.17, 15) is 4.79 Å². The molecule has 0 heterocycles. The first-order valence-corrected chi connectivity index (χ1v) is 6.31. The number of rotatable bonds is 6. The Labute approximate surface area is 106 Å². The van der Waals surface area contributed by atoms with E-state index in [4.69, 9.17) is 6.42 Å². The maximum atomic E-state index is 11.3. The van der Waals surface area contributed by atoms with Gasteiger partial charge in [-0.05, 0) is 24.7 Å². The summed E-state index contributed by atoms with van der Waals surface area (Å²) in [6.45, 7) is 1.15. The predicted octanol–water partition coefficient (Wildman–Crippen LogP) is 1.25. The quantitative estimate of drug-likeness (QED) is 0.588. The molecule has 17 heavy (non-hydrogen) atoms. The van der Waals surface area contributed by atoms with E-state index in [0.717, 1.165) is 11.4 Å². The zero-order valence-corrected chi connectivity index (χ0v) is 10.6. The predicted molar refractivity (Wildman–Crippen MR) is 71.8 cm³/mol. The number of carbonyl (C=O) groups excluding carboxylic acids is 1. The lowest BCUT2D eigenvalue weighted by atomic mass is 10.2. The Bertz CT molecular complexity index is 395. The van der Waals surface area contributed by atoms with Crippen molar-refractivity contribution < 1.29 is 4.79 Å². The SMILES string of the molecule is C#CCNC(=O)CSc1ccc(CNC)cc1. The molecule has 1 aromatic carbocycles. The van der Waals surface area contributed by atoms with Gasteiger partial charge in [0.1, 0.15) is 0 Å². The minimum absolute atomic E-state index is 0.0350. The highest BCUT2D eigenvalue weighted by Crippen LogP contribution is 2.17. The van der Waals surface area contributed by atoms with Gasteiger partial charge in [-0.2, -0.15) is 0 Å². The molecular formula is C13H16N2OS. The Morgan fingerprint density at radius 2 is 2.12 bits per heavy atom. The van der Waals surface area contributed by atoms with E-state index in [0.29, 0.717) is 12.3 Å². The second-order valence-corrected chi connectivity index (χ2v) is 4.49. The van der Waals surface area contributed by atoms with Crippen molar-refractivity contribution in [2.24, 2.45) is 0 Å². The van der Waals surface area contributed by atoms with Gasteiger partial charge in [-0.25, -0.2) is 0 Å². The molecule has 0 unspecified atom stereocenters. The first kappa shape index (κ1) is 13.6. The lowest BCUT2D eigenvalue weighted by Crippen LogP contribution is -2.25. The van der Waals surface area contributed by atoms with Crippen LogP contribution >= 0.6 is 11.8 Å². The average molecular weight is 248 g/mol. The fourth-order valence-corrected chi connectivity index (χ4v) is 1.99. The molecule has 0 saturated heterocycles. The maximum absolute atomic E-state index is 11.3. The third-order valence-electron chi connectivity index (χ3n) is 2.06. The van der Waals surface area contributed by atoms with Crippen molar-refractivity contribution in [3.05, 3.63) is 29.8 Å². The number of nitrogens with one attached hydrogen (secondary N) is 2. The number of thioether (sulfide) groups is 1. The lowest BCUT2D eigenvalue weighted by Gasteiger charge is -2.04. The molecule has 1 amide bonds. The first-order valence-electron chi connectivity index (χ1n) is 5.32. The summed E-state index contributed by atoms with van der Waals surface area (Å²) in [5.74, 6) is 2.73. The molecule has 0 radical (unpaired) electrons. The second kappa shape index (κ2) is 7.77. The van der Waals surface area contributed by atoms with Crippen LogP contribution in [0.3, 0.4) is 0 Å². The molecule has 0 aromatic heterocycles. The zero-order valence-electron chi connectivity index (χ0n) is 9.82. The van der Waals surface area contributed by atoms with E-state index < -0.39 is 0 Å². The van der Waals surface area contributed by atoms with E-state index in [1.807, 2.05) is 19.2 Å². The highest BCUT2D eigenvalue weighted by molar-refractivity contribution is 8.00. The molecule has 2 N–H and O–H groups in total. The molecule has 0 bridgehead atoms. The largest absolute Gasteiger partial charge is 0.344 e. The maximum Gasteiger partial charge on any atom is 0.231 e. The second-order valence-electron chi connectivity index (χ2n) is 3.44. The molecule has 3 nitrogen and oxygen atoms in total. The minimum atomic E-state index is -0.0350. The topological polar surface area (TPSA) is 41.1 Å². The molecule has 4 heteroatoms. The van der Waals surface area contributed by atoms with Crippen LogP contribution in [0.5, 0.6) is 0 Å². The van der Waals surface area contributed by atoms with Crippen molar-refractivity contribution in [3.63, 3.8) is 0 Å². The van der Waals surface area contributed by atoms with Crippen molar-refractivity contribution in [2.75, 3.05) is 19.3 Å². The molecule has 0 fully saturated rings. The van der Waals surface area contributed by atoms with Crippen LogP contribution in [0.2, 0.25) is 0 Å². The van der Waals surface area contributed by atoms with Crippen LogP contribution in [0.4, 0.5) is 0 Å². The summed E-state index contributed by atoms with van der Waals surface area (Å²) in [6, 6.07) is 8.15. The Kier molecular flexibility index (Phi) is 6.23. The summed E-state index contributed by atoms with van der Waals surface area (Å²) in [7, 11) is 1.92. The van der Waals surface area contributed by atoms with Gasteiger partial charge in [0, 0.05) is 11.4 Å². The van der Waals surface area contributed by atoms with E-state index in [2.05, 4.69) is 28.7 Å². The average Bonchev–Trinajstić information content (AvgIpc) is 2.36. The number of benzene rings is 1. The van der Waals surface area contributed by atoms with E-state index in [1.54, 1.807) is 0 Å². The van der Waals surface area contributed by atoms with Gasteiger partial charge >= 0.3 is 0 Å². The highest BCUT2D eigenvalue weighted by Gasteiger charge is 2.01. The van der Waals surface area contributed by atoms with Crippen molar-refractivity contribution in [3.8, 4) is 12.3 Å². The Morgan fingerprint density at radius 1 is 1.41 bits per heavy atom. The summed E-state index contributed by atoms with van der Waals surface area (Å²) < 4.78 is 0. The molecule has 0 aliphatic carbocycles. The van der Waals surface area contributed by atoms with Crippen LogP contribution in [-0.4, -0.2) is 25.3 Å². The number of terminal acetylenes is 1. The Balaban J connectivity index is 2.37. The molecule has 0 atom stereocenters. The van der Waals surface area contributed by atoms with Gasteiger partial charge in [0.15, 0.2) is 0 Å². The minimum Gasteiger partial charge on any atom is -0.344 e. The number of hydrogen-bond donors (Lipinski definition) is 2. The monoisotopic (exact) mass is 248 g/mol. The van der Waals surface area contributed by atoms with Crippen LogP contribution in [0.1, 0.15) is 5.56 Å². The number of carbonyl (C=O) groups is 1. The smallest absolute Gasteiger partial charge is 0.231 e. The van der Waals surface area contributed by atoms with Gasteiger partial charge in [-0.1, -0.05) is 18.1 Å². The van der Waals surface area contributed by atoms with Gasteiger partial charge in [0.2, 0.25) is 5.91 Å². The van der Waals surface area contributed by atoms with Gasteiger partial charge in [0.05, 0.1) is 12.3 Å². The number of hydrogen-bond acceptors (Lipinski definition) is 3. The third kappa shape index (κ3) is 5.43. The molecule has 1 aromatic rings. The summed E-state index contributed by atoms with van der Waals surface area (Å²) in [5, 5.41) is 5.72. The number of amides is 1. The van der Waals surface area contributed by atoms with E-state index in [1.165, 1.54) is 17.3 Å². The summed E-state index contributed by atoms with van der Waals surface area (Å²) >= 11 is 1.50. The van der Waals surface area contributed by atoms with Crippen molar-refractivity contribution in [2.45, 2.75) is 11.4 Å². The fraction of sp³-hybridized carbons (Fsp3) is 0.308. The van der Waals surface area contributed by atoms with Crippen LogP contribution in [-0.2, 0) is 11.3 Å². The third-order valence-corrected chi connectivity index (χ3v) is 3.07. The van der Waals surface area contributed by atoms with Crippen LogP contribution in [0.25, 0.3) is 0 Å². The Morgan fingerprint density at radius 3 is 2.71 bits per heavy atom. The van der Waals surface area contributed by atoms with Crippen LogP contribution < -0.4 is 10.6 Å². The van der Waals surface area contributed by atoms with Gasteiger partial charge < -0.3 is 10.6 Å². The Hall–Kier alpha value is -1.44. The van der Waals surface area contributed by atoms with Crippen molar-refractivity contribution in [1.29, 1.82) is 0 Å².